The molecule has 1 saturated carbocycles. The van der Waals surface area contributed by atoms with Crippen LogP contribution >= 0.6 is 0 Å². The molecule has 1 aliphatic carbocycles. The first-order valence-electron chi connectivity index (χ1n) is 9.40. The van der Waals surface area contributed by atoms with Gasteiger partial charge in [-0.15, -0.1) is 0 Å². The summed E-state index contributed by atoms with van der Waals surface area (Å²) in [7, 11) is 0. The first kappa shape index (κ1) is 17.0. The first-order valence-corrected chi connectivity index (χ1v) is 9.40. The summed E-state index contributed by atoms with van der Waals surface area (Å²) >= 11 is 0. The lowest BCUT2D eigenvalue weighted by Gasteiger charge is -2.28. The van der Waals surface area contributed by atoms with E-state index in [1.54, 1.807) is 4.90 Å². The van der Waals surface area contributed by atoms with Gasteiger partial charge in [-0.05, 0) is 30.9 Å². The molecule has 1 aromatic rings. The van der Waals surface area contributed by atoms with Gasteiger partial charge in [0.15, 0.2) is 0 Å². The third-order valence-corrected chi connectivity index (χ3v) is 5.29. The third kappa shape index (κ3) is 3.63. The molecule has 0 spiro atoms. The van der Waals surface area contributed by atoms with Crippen LogP contribution in [0, 0.1) is 0 Å². The fourth-order valence-corrected chi connectivity index (χ4v) is 3.95. The molecule has 0 saturated heterocycles. The Bertz CT molecular complexity index is 591. The molecule has 4 heteroatoms. The molecule has 130 valence electrons. The Morgan fingerprint density at radius 2 is 1.92 bits per heavy atom. The molecule has 2 aliphatic rings. The third-order valence-electron chi connectivity index (χ3n) is 5.29. The van der Waals surface area contributed by atoms with Gasteiger partial charge in [-0.25, -0.2) is 0 Å². The molecule has 1 heterocycles. The molecular weight excluding hydrogens is 300 g/mol. The molecule has 1 aliphatic heterocycles. The molecule has 3 rings (SSSR count). The molecule has 1 aromatic carbocycles. The molecule has 4 nitrogen and oxygen atoms in total. The summed E-state index contributed by atoms with van der Waals surface area (Å²) in [5.41, 5.74) is 1.78. The Morgan fingerprint density at radius 3 is 2.58 bits per heavy atom. The number of nitrogens with zero attached hydrogens (tertiary/aromatic N) is 1. The van der Waals surface area contributed by atoms with Crippen LogP contribution in [0.25, 0.3) is 0 Å². The second kappa shape index (κ2) is 7.82. The number of rotatable bonds is 5. The van der Waals surface area contributed by atoms with Gasteiger partial charge in [-0.1, -0.05) is 57.2 Å². The normalized spacial score (nSPS) is 19.7. The maximum absolute atomic E-state index is 12.9. The van der Waals surface area contributed by atoms with Gasteiger partial charge >= 0.3 is 0 Å². The number of benzene rings is 1. The minimum Gasteiger partial charge on any atom is -0.352 e. The van der Waals surface area contributed by atoms with E-state index >= 15 is 0 Å². The van der Waals surface area contributed by atoms with Gasteiger partial charge in [0.1, 0.15) is 6.04 Å². The Kier molecular flexibility index (Phi) is 5.54. The highest BCUT2D eigenvalue weighted by molar-refractivity contribution is 6.01. The number of carbonyl (C=O) groups excluding carboxylic acids is 2. The first-order chi connectivity index (χ1) is 11.7. The summed E-state index contributed by atoms with van der Waals surface area (Å²) in [6, 6.07) is 7.62. The van der Waals surface area contributed by atoms with E-state index in [-0.39, 0.29) is 23.9 Å². The summed E-state index contributed by atoms with van der Waals surface area (Å²) in [5, 5.41) is 3.24. The van der Waals surface area contributed by atoms with Crippen molar-refractivity contribution >= 4 is 11.8 Å². The maximum atomic E-state index is 12.9. The van der Waals surface area contributed by atoms with Crippen molar-refractivity contribution in [3.63, 3.8) is 0 Å². The van der Waals surface area contributed by atoms with E-state index in [1.165, 1.54) is 25.7 Å². The van der Waals surface area contributed by atoms with E-state index < -0.39 is 0 Å². The molecule has 1 fully saturated rings. The zero-order valence-corrected chi connectivity index (χ0v) is 14.6. The monoisotopic (exact) mass is 328 g/mol. The van der Waals surface area contributed by atoms with Crippen LogP contribution in [0.15, 0.2) is 24.3 Å². The van der Waals surface area contributed by atoms with Crippen molar-refractivity contribution in [1.29, 1.82) is 0 Å². The van der Waals surface area contributed by atoms with Crippen LogP contribution in [-0.4, -0.2) is 28.8 Å². The van der Waals surface area contributed by atoms with E-state index in [0.29, 0.717) is 6.54 Å². The van der Waals surface area contributed by atoms with E-state index in [2.05, 4.69) is 12.2 Å². The maximum Gasteiger partial charge on any atom is 0.255 e. The van der Waals surface area contributed by atoms with Crippen molar-refractivity contribution < 1.29 is 9.59 Å². The Hall–Kier alpha value is -1.84. The minimum absolute atomic E-state index is 0.0000615. The minimum atomic E-state index is -0.349. The SMILES string of the molecule is CCCC(C(=O)NC1CCCCCC1)N1Cc2ccccc2C1=O. The van der Waals surface area contributed by atoms with Crippen LogP contribution in [0.2, 0.25) is 0 Å². The Morgan fingerprint density at radius 1 is 1.21 bits per heavy atom. The van der Waals surface area contributed by atoms with Gasteiger partial charge in [-0.3, -0.25) is 9.59 Å². The van der Waals surface area contributed by atoms with Crippen molar-refractivity contribution in [1.82, 2.24) is 10.2 Å². The van der Waals surface area contributed by atoms with Gasteiger partial charge in [0.05, 0.1) is 0 Å². The Labute approximate surface area is 144 Å². The van der Waals surface area contributed by atoms with Gasteiger partial charge in [0.25, 0.3) is 5.91 Å². The molecule has 24 heavy (non-hydrogen) atoms. The zero-order valence-electron chi connectivity index (χ0n) is 14.6. The second-order valence-electron chi connectivity index (χ2n) is 7.09. The van der Waals surface area contributed by atoms with Gasteiger partial charge in [0.2, 0.25) is 5.91 Å². The average molecular weight is 328 g/mol. The smallest absolute Gasteiger partial charge is 0.255 e. The van der Waals surface area contributed by atoms with Crippen LogP contribution in [-0.2, 0) is 11.3 Å². The van der Waals surface area contributed by atoms with Crippen molar-refractivity contribution in [3.8, 4) is 0 Å². The van der Waals surface area contributed by atoms with E-state index in [9.17, 15) is 9.59 Å². The number of carbonyl (C=O) groups is 2. The molecule has 0 bridgehead atoms. The fourth-order valence-electron chi connectivity index (χ4n) is 3.95. The van der Waals surface area contributed by atoms with Crippen molar-refractivity contribution in [2.45, 2.75) is 76.9 Å². The number of fused-ring (bicyclic) bond motifs is 1. The van der Waals surface area contributed by atoms with Crippen LogP contribution in [0.3, 0.4) is 0 Å². The predicted octanol–water partition coefficient (Wildman–Crippen LogP) is 3.65. The molecule has 0 aromatic heterocycles. The van der Waals surface area contributed by atoms with Crippen molar-refractivity contribution in [2.75, 3.05) is 0 Å². The molecule has 1 N–H and O–H groups in total. The number of hydrogen-bond donors (Lipinski definition) is 1. The quantitative estimate of drug-likeness (QED) is 0.839. The summed E-state index contributed by atoms with van der Waals surface area (Å²) in [6.45, 7) is 2.62. The average Bonchev–Trinajstić information content (AvgIpc) is 2.76. The van der Waals surface area contributed by atoms with Crippen LogP contribution in [0.5, 0.6) is 0 Å². The largest absolute Gasteiger partial charge is 0.352 e. The van der Waals surface area contributed by atoms with E-state index in [4.69, 9.17) is 0 Å². The van der Waals surface area contributed by atoms with Crippen LogP contribution < -0.4 is 5.32 Å². The summed E-state index contributed by atoms with van der Waals surface area (Å²) in [5.74, 6) is 0.0324. The lowest BCUT2D eigenvalue weighted by molar-refractivity contribution is -0.126. The number of hydrogen-bond acceptors (Lipinski definition) is 2. The highest BCUT2D eigenvalue weighted by atomic mass is 16.2. The topological polar surface area (TPSA) is 49.4 Å². The highest BCUT2D eigenvalue weighted by Gasteiger charge is 2.36. The van der Waals surface area contributed by atoms with E-state index in [1.807, 2.05) is 24.3 Å². The van der Waals surface area contributed by atoms with Crippen molar-refractivity contribution in [3.05, 3.63) is 35.4 Å². The lowest BCUT2D eigenvalue weighted by atomic mass is 10.1. The standard InChI is InChI=1S/C20H28N2O2/c1-2-9-18(19(23)21-16-11-5-3-4-6-12-16)22-14-15-10-7-8-13-17(15)20(22)24/h7-8,10,13,16,18H,2-6,9,11-12,14H2,1H3,(H,21,23). The highest BCUT2D eigenvalue weighted by Crippen LogP contribution is 2.26. The second-order valence-corrected chi connectivity index (χ2v) is 7.09. The Balaban J connectivity index is 1.70. The summed E-state index contributed by atoms with van der Waals surface area (Å²) in [4.78, 5) is 27.4. The van der Waals surface area contributed by atoms with Crippen LogP contribution in [0.4, 0.5) is 0 Å². The zero-order chi connectivity index (χ0) is 16.9. The molecule has 1 atom stereocenters. The molecule has 0 radical (unpaired) electrons. The van der Waals surface area contributed by atoms with Crippen molar-refractivity contribution in [2.24, 2.45) is 0 Å². The van der Waals surface area contributed by atoms with Gasteiger partial charge in [-0.2, -0.15) is 0 Å². The van der Waals surface area contributed by atoms with Gasteiger partial charge < -0.3 is 10.2 Å². The fraction of sp³-hybridized carbons (Fsp3) is 0.600. The number of amides is 2. The summed E-state index contributed by atoms with van der Waals surface area (Å²) in [6.07, 6.45) is 8.67. The molecule has 1 unspecified atom stereocenters. The van der Waals surface area contributed by atoms with Gasteiger partial charge in [0, 0.05) is 18.2 Å². The molecule has 2 amide bonds. The van der Waals surface area contributed by atoms with E-state index in [0.717, 1.165) is 36.8 Å². The lowest BCUT2D eigenvalue weighted by Crippen LogP contribution is -2.49. The number of nitrogens with one attached hydrogen (secondary N) is 1. The predicted molar refractivity (Wildman–Crippen MR) is 94.6 cm³/mol. The van der Waals surface area contributed by atoms with Crippen LogP contribution in [0.1, 0.15) is 74.2 Å². The summed E-state index contributed by atoms with van der Waals surface area (Å²) < 4.78 is 0. The molecular formula is C20H28N2O2.